The highest BCUT2D eigenvalue weighted by molar-refractivity contribution is 6.42. The van der Waals surface area contributed by atoms with Crippen LogP contribution < -0.4 is 0 Å². The van der Waals surface area contributed by atoms with Crippen LogP contribution in [0.15, 0.2) is 36.4 Å². The summed E-state index contributed by atoms with van der Waals surface area (Å²) in [6, 6.07) is 10.4. The quantitative estimate of drug-likeness (QED) is 0.621. The van der Waals surface area contributed by atoms with Gasteiger partial charge in [-0.25, -0.2) is 4.39 Å². The molecule has 16 heavy (non-hydrogen) atoms. The van der Waals surface area contributed by atoms with Gasteiger partial charge in [-0.1, -0.05) is 53.0 Å². The fourth-order valence-electron chi connectivity index (χ4n) is 1.48. The molecule has 0 radical (unpaired) electrons. The van der Waals surface area contributed by atoms with Gasteiger partial charge in [0.25, 0.3) is 0 Å². The SMILES string of the molecule is Cc1ccc(-c2cc(Cl)c(Cl)cc2F)cc1. The molecule has 0 bridgehead atoms. The molecule has 3 heteroatoms. The van der Waals surface area contributed by atoms with E-state index in [4.69, 9.17) is 23.2 Å². The van der Waals surface area contributed by atoms with Crippen LogP contribution in [-0.2, 0) is 0 Å². The van der Waals surface area contributed by atoms with E-state index in [1.54, 1.807) is 6.07 Å². The van der Waals surface area contributed by atoms with Crippen molar-refractivity contribution in [3.8, 4) is 11.1 Å². The Kier molecular flexibility index (Phi) is 3.17. The maximum Gasteiger partial charge on any atom is 0.132 e. The zero-order valence-electron chi connectivity index (χ0n) is 8.60. The van der Waals surface area contributed by atoms with E-state index in [9.17, 15) is 4.39 Å². The largest absolute Gasteiger partial charge is 0.206 e. The van der Waals surface area contributed by atoms with Crippen molar-refractivity contribution in [2.75, 3.05) is 0 Å². The van der Waals surface area contributed by atoms with E-state index in [2.05, 4.69) is 0 Å². The van der Waals surface area contributed by atoms with Crippen molar-refractivity contribution in [2.45, 2.75) is 6.92 Å². The van der Waals surface area contributed by atoms with Gasteiger partial charge in [0, 0.05) is 5.56 Å². The van der Waals surface area contributed by atoms with Crippen LogP contribution in [0.25, 0.3) is 11.1 Å². The van der Waals surface area contributed by atoms with E-state index in [0.717, 1.165) is 11.1 Å². The minimum Gasteiger partial charge on any atom is -0.206 e. The van der Waals surface area contributed by atoms with E-state index in [0.29, 0.717) is 10.6 Å². The number of benzene rings is 2. The number of halogens is 3. The standard InChI is InChI=1S/C13H9Cl2F/c1-8-2-4-9(5-3-8)10-6-11(14)12(15)7-13(10)16/h2-7H,1H3. The first-order valence-electron chi connectivity index (χ1n) is 4.79. The average molecular weight is 255 g/mol. The van der Waals surface area contributed by atoms with Crippen molar-refractivity contribution in [3.05, 3.63) is 57.8 Å². The maximum atomic E-state index is 13.7. The summed E-state index contributed by atoms with van der Waals surface area (Å²) in [7, 11) is 0. The Labute approximate surface area is 104 Å². The van der Waals surface area contributed by atoms with Gasteiger partial charge < -0.3 is 0 Å². The Balaban J connectivity index is 2.56. The molecule has 2 aromatic carbocycles. The fraction of sp³-hybridized carbons (Fsp3) is 0.0769. The van der Waals surface area contributed by atoms with Gasteiger partial charge in [0.2, 0.25) is 0 Å². The summed E-state index contributed by atoms with van der Waals surface area (Å²) in [6.45, 7) is 1.98. The van der Waals surface area contributed by atoms with Crippen molar-refractivity contribution in [1.29, 1.82) is 0 Å². The van der Waals surface area contributed by atoms with E-state index < -0.39 is 0 Å². The third kappa shape index (κ3) is 2.21. The third-order valence-electron chi connectivity index (χ3n) is 2.37. The first-order chi connectivity index (χ1) is 7.58. The lowest BCUT2D eigenvalue weighted by Gasteiger charge is -2.06. The van der Waals surface area contributed by atoms with Gasteiger partial charge in [0.05, 0.1) is 10.0 Å². The summed E-state index contributed by atoms with van der Waals surface area (Å²) in [6.07, 6.45) is 0. The second kappa shape index (κ2) is 4.44. The molecule has 0 aliphatic carbocycles. The summed E-state index contributed by atoms with van der Waals surface area (Å²) < 4.78 is 13.7. The molecule has 0 aromatic heterocycles. The highest BCUT2D eigenvalue weighted by atomic mass is 35.5. The number of aryl methyl sites for hydroxylation is 1. The Hall–Kier alpha value is -1.05. The van der Waals surface area contributed by atoms with Crippen LogP contribution in [0, 0.1) is 12.7 Å². The second-order valence-corrected chi connectivity index (χ2v) is 4.43. The summed E-state index contributed by atoms with van der Waals surface area (Å²) in [5, 5.41) is 0.591. The van der Waals surface area contributed by atoms with Crippen LogP contribution in [0.2, 0.25) is 10.0 Å². The first-order valence-corrected chi connectivity index (χ1v) is 5.55. The zero-order chi connectivity index (χ0) is 11.7. The molecule has 0 saturated heterocycles. The number of rotatable bonds is 1. The predicted molar refractivity (Wildman–Crippen MR) is 66.6 cm³/mol. The lowest BCUT2D eigenvalue weighted by Crippen LogP contribution is -1.85. The molecule has 0 atom stereocenters. The normalized spacial score (nSPS) is 10.5. The molecule has 2 aromatic rings. The van der Waals surface area contributed by atoms with Crippen molar-refractivity contribution in [2.24, 2.45) is 0 Å². The maximum absolute atomic E-state index is 13.7. The van der Waals surface area contributed by atoms with Crippen molar-refractivity contribution >= 4 is 23.2 Å². The molecule has 2 rings (SSSR count). The van der Waals surface area contributed by atoms with Crippen molar-refractivity contribution in [3.63, 3.8) is 0 Å². The summed E-state index contributed by atoms with van der Waals surface area (Å²) in [5.74, 6) is -0.363. The van der Waals surface area contributed by atoms with Gasteiger partial charge in [0.1, 0.15) is 5.82 Å². The smallest absolute Gasteiger partial charge is 0.132 e. The van der Waals surface area contributed by atoms with Crippen LogP contribution in [0.5, 0.6) is 0 Å². The van der Waals surface area contributed by atoms with E-state index in [1.807, 2.05) is 31.2 Å². The third-order valence-corrected chi connectivity index (χ3v) is 3.09. The van der Waals surface area contributed by atoms with Gasteiger partial charge in [-0.15, -0.1) is 0 Å². The van der Waals surface area contributed by atoms with Crippen LogP contribution >= 0.6 is 23.2 Å². The molecular weight excluding hydrogens is 246 g/mol. The molecule has 0 aliphatic heterocycles. The van der Waals surface area contributed by atoms with Crippen molar-refractivity contribution < 1.29 is 4.39 Å². The van der Waals surface area contributed by atoms with E-state index in [1.165, 1.54) is 6.07 Å². The molecule has 0 unspecified atom stereocenters. The molecule has 0 saturated carbocycles. The van der Waals surface area contributed by atoms with Crippen LogP contribution in [-0.4, -0.2) is 0 Å². The Morgan fingerprint density at radius 3 is 2.12 bits per heavy atom. The molecule has 0 nitrogen and oxygen atoms in total. The number of hydrogen-bond donors (Lipinski definition) is 0. The highest BCUT2D eigenvalue weighted by Crippen LogP contribution is 2.31. The topological polar surface area (TPSA) is 0 Å². The molecule has 0 amide bonds. The van der Waals surface area contributed by atoms with Gasteiger partial charge in [-0.05, 0) is 24.6 Å². The van der Waals surface area contributed by atoms with Gasteiger partial charge in [-0.2, -0.15) is 0 Å². The molecule has 0 heterocycles. The second-order valence-electron chi connectivity index (χ2n) is 3.61. The molecule has 0 N–H and O–H groups in total. The number of hydrogen-bond acceptors (Lipinski definition) is 0. The minimum atomic E-state index is -0.363. The van der Waals surface area contributed by atoms with Crippen LogP contribution in [0.4, 0.5) is 4.39 Å². The molecule has 0 fully saturated rings. The Bertz CT molecular complexity index is 518. The van der Waals surface area contributed by atoms with Crippen molar-refractivity contribution in [1.82, 2.24) is 0 Å². The Morgan fingerprint density at radius 1 is 0.938 bits per heavy atom. The molecule has 82 valence electrons. The van der Waals surface area contributed by atoms with E-state index >= 15 is 0 Å². The van der Waals surface area contributed by atoms with Gasteiger partial charge >= 0.3 is 0 Å². The van der Waals surface area contributed by atoms with Crippen LogP contribution in [0.1, 0.15) is 5.56 Å². The average Bonchev–Trinajstić information content (AvgIpc) is 2.25. The summed E-state index contributed by atoms with van der Waals surface area (Å²) in [4.78, 5) is 0. The first kappa shape index (κ1) is 11.4. The highest BCUT2D eigenvalue weighted by Gasteiger charge is 2.08. The summed E-state index contributed by atoms with van der Waals surface area (Å²) in [5.41, 5.74) is 2.39. The lowest BCUT2D eigenvalue weighted by molar-refractivity contribution is 0.631. The zero-order valence-corrected chi connectivity index (χ0v) is 10.1. The van der Waals surface area contributed by atoms with Gasteiger partial charge in [-0.3, -0.25) is 0 Å². The summed E-state index contributed by atoms with van der Waals surface area (Å²) >= 11 is 11.6. The predicted octanol–water partition coefficient (Wildman–Crippen LogP) is 5.11. The fourth-order valence-corrected chi connectivity index (χ4v) is 1.79. The van der Waals surface area contributed by atoms with Crippen LogP contribution in [0.3, 0.4) is 0 Å². The monoisotopic (exact) mass is 254 g/mol. The molecular formula is C13H9Cl2F. The molecule has 0 spiro atoms. The molecule has 0 aliphatic rings. The lowest BCUT2D eigenvalue weighted by atomic mass is 10.0. The van der Waals surface area contributed by atoms with E-state index in [-0.39, 0.29) is 10.8 Å². The Morgan fingerprint density at radius 2 is 1.50 bits per heavy atom. The minimum absolute atomic E-state index is 0.232. The van der Waals surface area contributed by atoms with Gasteiger partial charge in [0.15, 0.2) is 0 Å².